The number of aliphatic hydroxyl groups is 4. The topological polar surface area (TPSA) is 200 Å². The number of benzene rings is 2. The van der Waals surface area contributed by atoms with Crippen molar-refractivity contribution in [2.24, 2.45) is 0 Å². The van der Waals surface area contributed by atoms with Crippen molar-refractivity contribution in [3.63, 3.8) is 0 Å². The molecule has 1 aliphatic rings. The average molecular weight is 478 g/mol. The van der Waals surface area contributed by atoms with Crippen molar-refractivity contribution in [3.8, 4) is 40.1 Å². The van der Waals surface area contributed by atoms with Gasteiger partial charge in [0.2, 0.25) is 12.0 Å². The van der Waals surface area contributed by atoms with E-state index in [1.807, 2.05) is 0 Å². The van der Waals surface area contributed by atoms with Gasteiger partial charge < -0.3 is 54.4 Å². The molecule has 0 bridgehead atoms. The van der Waals surface area contributed by atoms with Crippen LogP contribution in [0.25, 0.3) is 22.3 Å². The van der Waals surface area contributed by atoms with E-state index in [1.54, 1.807) is 0 Å². The summed E-state index contributed by atoms with van der Waals surface area (Å²) >= 11 is 0. The lowest BCUT2D eigenvalue weighted by molar-refractivity contribution is -0.277. The number of aliphatic hydroxyl groups excluding tert-OH is 4. The Morgan fingerprint density at radius 1 is 0.941 bits per heavy atom. The summed E-state index contributed by atoms with van der Waals surface area (Å²) in [6, 6.07) is 6.06. The largest absolute Gasteiger partial charge is 0.507 e. The van der Waals surface area contributed by atoms with Gasteiger partial charge in [0.15, 0.2) is 28.3 Å². The monoisotopic (exact) mass is 478 g/mol. The van der Waals surface area contributed by atoms with E-state index in [2.05, 4.69) is 0 Å². The van der Waals surface area contributed by atoms with Crippen molar-refractivity contribution in [2.45, 2.75) is 30.7 Å². The first-order chi connectivity index (χ1) is 16.2. The van der Waals surface area contributed by atoms with Crippen molar-refractivity contribution >= 4 is 11.0 Å². The Balaban J connectivity index is 1.84. The fourth-order valence-electron chi connectivity index (χ4n) is 3.66. The zero-order chi connectivity index (χ0) is 24.7. The Hall–Kier alpha value is -3.55. The van der Waals surface area contributed by atoms with Crippen LogP contribution in [0, 0.1) is 0 Å². The Kier molecular flexibility index (Phi) is 6.25. The number of hydrogen-bond donors (Lipinski definition) is 7. The maximum absolute atomic E-state index is 12.8. The quantitative estimate of drug-likeness (QED) is 0.254. The zero-order valence-electron chi connectivity index (χ0n) is 17.7. The van der Waals surface area contributed by atoms with Gasteiger partial charge in [0.25, 0.3) is 0 Å². The molecule has 182 valence electrons. The molecule has 1 saturated heterocycles. The number of phenolic OH excluding ortho intramolecular Hbond substituents is 3. The van der Waals surface area contributed by atoms with Crippen LogP contribution in [0.15, 0.2) is 39.5 Å². The number of rotatable bonds is 5. The molecule has 7 N–H and O–H groups in total. The fraction of sp³-hybridized carbons (Fsp3) is 0.318. The average Bonchev–Trinajstić information content (AvgIpc) is 2.80. The van der Waals surface area contributed by atoms with Crippen LogP contribution >= 0.6 is 0 Å². The van der Waals surface area contributed by atoms with Gasteiger partial charge in [0, 0.05) is 17.7 Å². The Morgan fingerprint density at radius 2 is 1.68 bits per heavy atom. The van der Waals surface area contributed by atoms with E-state index in [-0.39, 0.29) is 28.2 Å². The fourth-order valence-corrected chi connectivity index (χ4v) is 3.66. The lowest BCUT2D eigenvalue weighted by Gasteiger charge is -2.39. The third kappa shape index (κ3) is 3.97. The van der Waals surface area contributed by atoms with Crippen molar-refractivity contribution in [3.05, 3.63) is 40.6 Å². The summed E-state index contributed by atoms with van der Waals surface area (Å²) in [5, 5.41) is 69.9. The van der Waals surface area contributed by atoms with Crippen molar-refractivity contribution < 1.29 is 54.4 Å². The molecule has 0 radical (unpaired) electrons. The van der Waals surface area contributed by atoms with E-state index in [4.69, 9.17) is 18.6 Å². The first-order valence-electron chi connectivity index (χ1n) is 10.0. The Morgan fingerprint density at radius 3 is 2.32 bits per heavy atom. The molecule has 4 rings (SSSR count). The highest BCUT2D eigenvalue weighted by molar-refractivity contribution is 5.91. The predicted octanol–water partition coefficient (Wildman–Crippen LogP) is -0.236. The van der Waals surface area contributed by atoms with Crippen LogP contribution in [0.4, 0.5) is 0 Å². The van der Waals surface area contributed by atoms with E-state index < -0.39 is 65.6 Å². The summed E-state index contributed by atoms with van der Waals surface area (Å²) in [5.74, 6) is -1.97. The smallest absolute Gasteiger partial charge is 0.229 e. The third-order valence-corrected chi connectivity index (χ3v) is 5.46. The lowest BCUT2D eigenvalue weighted by Crippen LogP contribution is -2.60. The number of hydrogen-bond acceptors (Lipinski definition) is 12. The maximum atomic E-state index is 12.8. The van der Waals surface area contributed by atoms with Crippen molar-refractivity contribution in [1.29, 1.82) is 0 Å². The minimum Gasteiger partial charge on any atom is -0.507 e. The molecular weight excluding hydrogens is 456 g/mol. The highest BCUT2D eigenvalue weighted by atomic mass is 16.7. The number of fused-ring (bicyclic) bond motifs is 1. The summed E-state index contributed by atoms with van der Waals surface area (Å²) < 4.78 is 21.5. The first-order valence-corrected chi connectivity index (χ1v) is 10.0. The van der Waals surface area contributed by atoms with Crippen LogP contribution in [0.3, 0.4) is 0 Å². The van der Waals surface area contributed by atoms with Gasteiger partial charge in [0.05, 0.1) is 13.7 Å². The molecule has 3 aromatic rings. The van der Waals surface area contributed by atoms with Crippen LogP contribution in [0.2, 0.25) is 0 Å². The van der Waals surface area contributed by atoms with Gasteiger partial charge in [-0.25, -0.2) is 0 Å². The van der Waals surface area contributed by atoms with Gasteiger partial charge in [-0.1, -0.05) is 0 Å². The SMILES string of the molecule is COc1ccc(-c2cc(=O)c3c(O)cc(O)c(O[C@@H]4O[C@@H](CO)[C@@H](O)[C@H](O)[C@H]4O)c3o2)cc1O. The molecule has 2 aromatic carbocycles. The second-order valence-corrected chi connectivity index (χ2v) is 7.62. The van der Waals surface area contributed by atoms with E-state index in [0.717, 1.165) is 12.1 Å². The zero-order valence-corrected chi connectivity index (χ0v) is 17.7. The molecule has 0 spiro atoms. The van der Waals surface area contributed by atoms with Crippen molar-refractivity contribution in [2.75, 3.05) is 13.7 Å². The van der Waals surface area contributed by atoms with Gasteiger partial charge in [-0.2, -0.15) is 0 Å². The van der Waals surface area contributed by atoms with E-state index in [1.165, 1.54) is 25.3 Å². The lowest BCUT2D eigenvalue weighted by atomic mass is 9.99. The number of aromatic hydroxyl groups is 3. The van der Waals surface area contributed by atoms with Crippen LogP contribution in [-0.4, -0.2) is 80.2 Å². The van der Waals surface area contributed by atoms with Crippen LogP contribution in [0.5, 0.6) is 28.7 Å². The standard InChI is InChI=1S/C22H22O12/c1-31-13-3-2-8(4-9(13)24)14-6-11(26)16-10(25)5-12(27)20(21(16)32-14)34-22-19(30)18(29)17(28)15(7-23)33-22/h2-6,15,17-19,22-25,27-30H,7H2,1H3/t15-,17+,18-,19+,22-/m0/s1. The third-order valence-electron chi connectivity index (χ3n) is 5.46. The Labute approximate surface area is 191 Å². The Bertz CT molecular complexity index is 1270. The molecule has 0 aliphatic carbocycles. The minimum absolute atomic E-state index is 0.0703. The first kappa shape index (κ1) is 23.6. The molecule has 0 saturated carbocycles. The summed E-state index contributed by atoms with van der Waals surface area (Å²) in [6.45, 7) is -0.715. The van der Waals surface area contributed by atoms with Crippen LogP contribution in [0.1, 0.15) is 0 Å². The van der Waals surface area contributed by atoms with Gasteiger partial charge >= 0.3 is 0 Å². The van der Waals surface area contributed by atoms with Crippen molar-refractivity contribution in [1.82, 2.24) is 0 Å². The van der Waals surface area contributed by atoms with Crippen LogP contribution in [-0.2, 0) is 4.74 Å². The summed E-state index contributed by atoms with van der Waals surface area (Å²) in [6.07, 6.45) is -8.20. The highest BCUT2D eigenvalue weighted by Crippen LogP contribution is 2.42. The normalized spacial score (nSPS) is 24.8. The van der Waals surface area contributed by atoms with E-state index in [0.29, 0.717) is 0 Å². The molecule has 34 heavy (non-hydrogen) atoms. The summed E-state index contributed by atoms with van der Waals surface area (Å²) in [5.41, 5.74) is -0.895. The molecule has 12 nitrogen and oxygen atoms in total. The molecule has 1 aromatic heterocycles. The number of methoxy groups -OCH3 is 1. The second kappa shape index (κ2) is 9.00. The second-order valence-electron chi connectivity index (χ2n) is 7.62. The number of phenols is 3. The molecule has 1 aliphatic heterocycles. The molecule has 5 atom stereocenters. The van der Waals surface area contributed by atoms with E-state index in [9.17, 15) is 40.5 Å². The minimum atomic E-state index is -1.81. The molecule has 0 amide bonds. The molecular formula is C22H22O12. The summed E-state index contributed by atoms with van der Waals surface area (Å²) in [4.78, 5) is 12.8. The molecule has 12 heteroatoms. The number of ether oxygens (including phenoxy) is 3. The van der Waals surface area contributed by atoms with Crippen LogP contribution < -0.4 is 14.9 Å². The highest BCUT2D eigenvalue weighted by Gasteiger charge is 2.45. The predicted molar refractivity (Wildman–Crippen MR) is 114 cm³/mol. The van der Waals surface area contributed by atoms with E-state index >= 15 is 0 Å². The van der Waals surface area contributed by atoms with Gasteiger partial charge in [-0.05, 0) is 18.2 Å². The maximum Gasteiger partial charge on any atom is 0.229 e. The molecule has 1 fully saturated rings. The molecule has 0 unspecified atom stereocenters. The van der Waals surface area contributed by atoms with Gasteiger partial charge in [-0.15, -0.1) is 0 Å². The van der Waals surface area contributed by atoms with Gasteiger partial charge in [-0.3, -0.25) is 4.79 Å². The summed E-state index contributed by atoms with van der Waals surface area (Å²) in [7, 11) is 1.36. The van der Waals surface area contributed by atoms with Gasteiger partial charge in [0.1, 0.15) is 41.3 Å². The molecule has 2 heterocycles.